The maximum atomic E-state index is 5.82. The highest BCUT2D eigenvalue weighted by Gasteiger charge is 2.16. The zero-order valence-electron chi connectivity index (χ0n) is 9.82. The number of nitrogens with one attached hydrogen (secondary N) is 1. The lowest BCUT2D eigenvalue weighted by molar-refractivity contribution is 0.181. The average Bonchev–Trinajstić information content (AvgIpc) is 2.71. The molecule has 6 heteroatoms. The average molecular weight is 223 g/mol. The highest BCUT2D eigenvalue weighted by molar-refractivity contribution is 5.88. The molecule has 0 radical (unpaired) electrons. The van der Waals surface area contributed by atoms with E-state index in [0.29, 0.717) is 18.3 Å². The molecule has 0 saturated carbocycles. The fraction of sp³-hybridized carbons (Fsp3) is 0.600. The van der Waals surface area contributed by atoms with E-state index < -0.39 is 0 Å². The van der Waals surface area contributed by atoms with Crippen LogP contribution in [-0.2, 0) is 17.9 Å². The Balaban J connectivity index is 2.50. The number of nitrogens with two attached hydrogens (primary N) is 1. The third-order valence-electron chi connectivity index (χ3n) is 2.37. The van der Waals surface area contributed by atoms with Gasteiger partial charge in [-0.1, -0.05) is 13.8 Å². The van der Waals surface area contributed by atoms with Crippen LogP contribution in [0.1, 0.15) is 19.5 Å². The standard InChI is InChI=1S/C10H17N5O/c1-6(2)4-15-10-8(9(11)12-13-10)7(14-15)5-16-3/h6H,4-5H2,1-3H3,(H3,11,12,13). The zero-order valence-corrected chi connectivity index (χ0v) is 9.82. The molecule has 3 N–H and O–H groups in total. The highest BCUT2D eigenvalue weighted by atomic mass is 16.5. The molecule has 2 aromatic rings. The van der Waals surface area contributed by atoms with Crippen molar-refractivity contribution in [2.24, 2.45) is 5.92 Å². The van der Waals surface area contributed by atoms with Gasteiger partial charge in [-0.05, 0) is 5.92 Å². The molecule has 0 amide bonds. The maximum Gasteiger partial charge on any atom is 0.182 e. The largest absolute Gasteiger partial charge is 0.383 e. The number of nitrogens with zero attached hydrogens (tertiary/aromatic N) is 3. The van der Waals surface area contributed by atoms with E-state index in [4.69, 9.17) is 10.5 Å². The molecule has 0 bridgehead atoms. The van der Waals surface area contributed by atoms with E-state index >= 15 is 0 Å². The highest BCUT2D eigenvalue weighted by Crippen LogP contribution is 2.23. The van der Waals surface area contributed by atoms with Crippen molar-refractivity contribution in [1.82, 2.24) is 20.0 Å². The molecule has 0 fully saturated rings. The fourth-order valence-electron chi connectivity index (χ4n) is 1.77. The van der Waals surface area contributed by atoms with E-state index in [-0.39, 0.29) is 0 Å². The topological polar surface area (TPSA) is 81.8 Å². The minimum Gasteiger partial charge on any atom is -0.383 e. The van der Waals surface area contributed by atoms with Gasteiger partial charge < -0.3 is 10.5 Å². The van der Waals surface area contributed by atoms with Crippen LogP contribution in [0.4, 0.5) is 5.82 Å². The Labute approximate surface area is 93.8 Å². The van der Waals surface area contributed by atoms with E-state index in [0.717, 1.165) is 23.3 Å². The van der Waals surface area contributed by atoms with Crippen LogP contribution < -0.4 is 5.73 Å². The van der Waals surface area contributed by atoms with Crippen molar-refractivity contribution in [2.45, 2.75) is 27.0 Å². The summed E-state index contributed by atoms with van der Waals surface area (Å²) in [6.45, 7) is 5.55. The van der Waals surface area contributed by atoms with Gasteiger partial charge in [0.05, 0.1) is 12.0 Å². The van der Waals surface area contributed by atoms with Crippen LogP contribution in [0.25, 0.3) is 11.0 Å². The van der Waals surface area contributed by atoms with Gasteiger partial charge in [0.2, 0.25) is 0 Å². The SMILES string of the molecule is COCc1nn(CC(C)C)c2n[nH]c(N)c12. The van der Waals surface area contributed by atoms with Gasteiger partial charge in [-0.2, -0.15) is 10.2 Å². The Bertz CT molecular complexity index is 485. The molecule has 0 aliphatic rings. The Hall–Kier alpha value is -1.56. The van der Waals surface area contributed by atoms with Crippen molar-refractivity contribution < 1.29 is 4.74 Å². The van der Waals surface area contributed by atoms with Crippen LogP contribution in [0.15, 0.2) is 0 Å². The molecule has 6 nitrogen and oxygen atoms in total. The van der Waals surface area contributed by atoms with Gasteiger partial charge in [-0.25, -0.2) is 4.68 Å². The number of H-pyrrole nitrogens is 1. The van der Waals surface area contributed by atoms with E-state index in [1.54, 1.807) is 7.11 Å². The van der Waals surface area contributed by atoms with Crippen molar-refractivity contribution in [2.75, 3.05) is 12.8 Å². The van der Waals surface area contributed by atoms with Crippen molar-refractivity contribution in [3.05, 3.63) is 5.69 Å². The second kappa shape index (κ2) is 4.13. The Morgan fingerprint density at radius 3 is 2.88 bits per heavy atom. The van der Waals surface area contributed by atoms with Crippen LogP contribution in [0.2, 0.25) is 0 Å². The van der Waals surface area contributed by atoms with E-state index in [1.165, 1.54) is 0 Å². The molecule has 2 rings (SSSR count). The number of ether oxygens (including phenoxy) is 1. The molecule has 0 aliphatic carbocycles. The lowest BCUT2D eigenvalue weighted by atomic mass is 10.2. The summed E-state index contributed by atoms with van der Waals surface area (Å²) in [5.74, 6) is 1.06. The zero-order chi connectivity index (χ0) is 11.7. The number of aromatic amines is 1. The summed E-state index contributed by atoms with van der Waals surface area (Å²) >= 11 is 0. The predicted octanol–water partition coefficient (Wildman–Crippen LogP) is 1.14. The number of rotatable bonds is 4. The van der Waals surface area contributed by atoms with Crippen molar-refractivity contribution >= 4 is 16.9 Å². The van der Waals surface area contributed by atoms with Gasteiger partial charge in [0.1, 0.15) is 11.5 Å². The molecule has 0 spiro atoms. The first-order valence-electron chi connectivity index (χ1n) is 5.31. The van der Waals surface area contributed by atoms with Crippen LogP contribution in [-0.4, -0.2) is 27.1 Å². The molecule has 2 heterocycles. The number of hydrogen-bond acceptors (Lipinski definition) is 4. The minimum absolute atomic E-state index is 0.450. The van der Waals surface area contributed by atoms with Crippen LogP contribution in [0.3, 0.4) is 0 Å². The van der Waals surface area contributed by atoms with Crippen LogP contribution >= 0.6 is 0 Å². The molecule has 0 unspecified atom stereocenters. The molecule has 0 aliphatic heterocycles. The number of fused-ring (bicyclic) bond motifs is 1. The van der Waals surface area contributed by atoms with Gasteiger partial charge in [0, 0.05) is 13.7 Å². The predicted molar refractivity (Wildman–Crippen MR) is 61.8 cm³/mol. The number of anilines is 1. The molecule has 0 atom stereocenters. The minimum atomic E-state index is 0.450. The smallest absolute Gasteiger partial charge is 0.182 e. The van der Waals surface area contributed by atoms with Crippen molar-refractivity contribution in [3.8, 4) is 0 Å². The molecule has 0 aromatic carbocycles. The van der Waals surface area contributed by atoms with E-state index in [2.05, 4.69) is 29.1 Å². The summed E-state index contributed by atoms with van der Waals surface area (Å²) in [4.78, 5) is 0. The summed E-state index contributed by atoms with van der Waals surface area (Å²) in [5.41, 5.74) is 7.47. The number of hydrogen-bond donors (Lipinski definition) is 2. The molecular formula is C10H17N5O. The molecule has 88 valence electrons. The monoisotopic (exact) mass is 223 g/mol. The van der Waals surface area contributed by atoms with Gasteiger partial charge in [0.15, 0.2) is 5.65 Å². The van der Waals surface area contributed by atoms with Crippen LogP contribution in [0, 0.1) is 5.92 Å². The van der Waals surface area contributed by atoms with Crippen LogP contribution in [0.5, 0.6) is 0 Å². The summed E-state index contributed by atoms with van der Waals surface area (Å²) in [6, 6.07) is 0. The molecule has 0 saturated heterocycles. The van der Waals surface area contributed by atoms with Gasteiger partial charge in [-0.3, -0.25) is 5.10 Å². The Kier molecular flexibility index (Phi) is 2.82. The summed E-state index contributed by atoms with van der Waals surface area (Å²) in [7, 11) is 1.64. The fourth-order valence-corrected chi connectivity index (χ4v) is 1.77. The number of nitrogen functional groups attached to an aromatic ring is 1. The Morgan fingerprint density at radius 2 is 2.25 bits per heavy atom. The maximum absolute atomic E-state index is 5.82. The lowest BCUT2D eigenvalue weighted by Gasteiger charge is -2.04. The quantitative estimate of drug-likeness (QED) is 0.814. The summed E-state index contributed by atoms with van der Waals surface area (Å²) < 4.78 is 6.98. The Morgan fingerprint density at radius 1 is 1.50 bits per heavy atom. The van der Waals surface area contributed by atoms with Gasteiger partial charge in [0.25, 0.3) is 0 Å². The van der Waals surface area contributed by atoms with E-state index in [1.807, 2.05) is 4.68 Å². The molecular weight excluding hydrogens is 206 g/mol. The number of aromatic nitrogens is 4. The molecule has 2 aromatic heterocycles. The van der Waals surface area contributed by atoms with Gasteiger partial charge >= 0.3 is 0 Å². The van der Waals surface area contributed by atoms with Gasteiger partial charge in [-0.15, -0.1) is 0 Å². The van der Waals surface area contributed by atoms with E-state index in [9.17, 15) is 0 Å². The van der Waals surface area contributed by atoms with Crippen molar-refractivity contribution in [1.29, 1.82) is 0 Å². The summed E-state index contributed by atoms with van der Waals surface area (Å²) in [6.07, 6.45) is 0. The normalized spacial score (nSPS) is 11.8. The molecule has 16 heavy (non-hydrogen) atoms. The first-order valence-corrected chi connectivity index (χ1v) is 5.31. The van der Waals surface area contributed by atoms with Crippen molar-refractivity contribution in [3.63, 3.8) is 0 Å². The third kappa shape index (κ3) is 1.76. The second-order valence-corrected chi connectivity index (χ2v) is 4.29. The first-order chi connectivity index (χ1) is 7.63. The lowest BCUT2D eigenvalue weighted by Crippen LogP contribution is -2.07. The number of methoxy groups -OCH3 is 1. The second-order valence-electron chi connectivity index (χ2n) is 4.29. The summed E-state index contributed by atoms with van der Waals surface area (Å²) in [5, 5.41) is 12.3. The third-order valence-corrected chi connectivity index (χ3v) is 2.37. The first kappa shape index (κ1) is 10.9.